The smallest absolute Gasteiger partial charge is 0.251 e. The molecule has 1 saturated heterocycles. The third-order valence-electron chi connectivity index (χ3n) is 5.60. The molecule has 1 aliphatic rings. The zero-order valence-electron chi connectivity index (χ0n) is 19.5. The number of hydrogen-bond donors (Lipinski definition) is 2. The summed E-state index contributed by atoms with van der Waals surface area (Å²) in [6, 6.07) is 7.97. The van der Waals surface area contributed by atoms with Gasteiger partial charge < -0.3 is 10.6 Å². The number of aromatic nitrogens is 2. The number of sulfonamides is 1. The molecule has 0 bridgehead atoms. The maximum atomic E-state index is 14.3. The SMILES string of the molecule is CC(C)C[C@@H](NC(=O)[C@@H]1CC(F)(F)CCN1S(=O)(=O)c1ccccc1)C(=O)NCc1cccnn1. The highest BCUT2D eigenvalue weighted by Crippen LogP contribution is 2.35. The van der Waals surface area contributed by atoms with E-state index < -0.39 is 59.2 Å². The fraction of sp³-hybridized carbons (Fsp3) is 0.478. The first-order valence-electron chi connectivity index (χ1n) is 11.3. The summed E-state index contributed by atoms with van der Waals surface area (Å²) in [5.74, 6) is -4.70. The van der Waals surface area contributed by atoms with Gasteiger partial charge in [0.05, 0.1) is 17.1 Å². The Morgan fingerprint density at radius 3 is 2.51 bits per heavy atom. The van der Waals surface area contributed by atoms with Gasteiger partial charge in [0, 0.05) is 25.6 Å². The van der Waals surface area contributed by atoms with E-state index in [-0.39, 0.29) is 23.8 Å². The molecule has 1 aromatic carbocycles. The minimum atomic E-state index is -4.21. The molecule has 35 heavy (non-hydrogen) atoms. The molecule has 0 spiro atoms. The topological polar surface area (TPSA) is 121 Å². The van der Waals surface area contributed by atoms with Crippen LogP contribution in [0.4, 0.5) is 8.78 Å². The number of amides is 2. The second kappa shape index (κ2) is 11.2. The van der Waals surface area contributed by atoms with Crippen molar-refractivity contribution in [2.75, 3.05) is 6.54 Å². The van der Waals surface area contributed by atoms with Crippen LogP contribution in [0, 0.1) is 5.92 Å². The van der Waals surface area contributed by atoms with Crippen LogP contribution in [0.15, 0.2) is 53.6 Å². The molecule has 2 heterocycles. The summed E-state index contributed by atoms with van der Waals surface area (Å²) in [5.41, 5.74) is 0.502. The number of carbonyl (C=O) groups excluding carboxylic acids is 2. The molecule has 0 saturated carbocycles. The third kappa shape index (κ3) is 7.01. The maximum absolute atomic E-state index is 14.3. The van der Waals surface area contributed by atoms with Crippen LogP contribution in [0.1, 0.15) is 38.8 Å². The van der Waals surface area contributed by atoms with Gasteiger partial charge in [0.2, 0.25) is 21.8 Å². The molecule has 1 aliphatic heterocycles. The zero-order valence-corrected chi connectivity index (χ0v) is 20.3. The lowest BCUT2D eigenvalue weighted by Gasteiger charge is -2.38. The molecule has 190 valence electrons. The van der Waals surface area contributed by atoms with Crippen LogP contribution in [0.2, 0.25) is 0 Å². The van der Waals surface area contributed by atoms with Crippen molar-refractivity contribution < 1.29 is 26.8 Å². The minimum absolute atomic E-state index is 0.0143. The Balaban J connectivity index is 1.80. The number of benzene rings is 1. The molecule has 2 N–H and O–H groups in total. The minimum Gasteiger partial charge on any atom is -0.349 e. The molecule has 2 amide bonds. The molecule has 0 unspecified atom stereocenters. The Bertz CT molecular complexity index is 1120. The fourth-order valence-corrected chi connectivity index (χ4v) is 5.46. The lowest BCUT2D eigenvalue weighted by Crippen LogP contribution is -2.59. The van der Waals surface area contributed by atoms with Crippen molar-refractivity contribution in [3.63, 3.8) is 0 Å². The van der Waals surface area contributed by atoms with Gasteiger partial charge in [-0.2, -0.15) is 14.5 Å². The lowest BCUT2D eigenvalue weighted by molar-refractivity contribution is -0.136. The van der Waals surface area contributed by atoms with Crippen LogP contribution < -0.4 is 10.6 Å². The summed E-state index contributed by atoms with van der Waals surface area (Å²) in [6.45, 7) is 3.23. The molecular formula is C23H29F2N5O4S. The van der Waals surface area contributed by atoms with Gasteiger partial charge in [0.1, 0.15) is 12.1 Å². The predicted molar refractivity (Wildman–Crippen MR) is 124 cm³/mol. The Kier molecular flexibility index (Phi) is 8.49. The van der Waals surface area contributed by atoms with E-state index >= 15 is 0 Å². The monoisotopic (exact) mass is 509 g/mol. The molecule has 1 fully saturated rings. The number of carbonyl (C=O) groups is 2. The first-order chi connectivity index (χ1) is 16.5. The van der Waals surface area contributed by atoms with E-state index in [4.69, 9.17) is 0 Å². The Morgan fingerprint density at radius 1 is 1.17 bits per heavy atom. The van der Waals surface area contributed by atoms with E-state index in [1.165, 1.54) is 30.5 Å². The molecule has 0 aliphatic carbocycles. The quantitative estimate of drug-likeness (QED) is 0.534. The van der Waals surface area contributed by atoms with E-state index in [2.05, 4.69) is 20.8 Å². The molecular weight excluding hydrogens is 480 g/mol. The third-order valence-corrected chi connectivity index (χ3v) is 7.52. The van der Waals surface area contributed by atoms with E-state index in [1.54, 1.807) is 18.2 Å². The van der Waals surface area contributed by atoms with Gasteiger partial charge in [0.25, 0.3) is 5.92 Å². The highest BCUT2D eigenvalue weighted by Gasteiger charge is 2.48. The summed E-state index contributed by atoms with van der Waals surface area (Å²) in [7, 11) is -4.21. The van der Waals surface area contributed by atoms with Crippen molar-refractivity contribution in [2.24, 2.45) is 5.92 Å². The van der Waals surface area contributed by atoms with E-state index in [0.717, 1.165) is 4.31 Å². The molecule has 12 heteroatoms. The van der Waals surface area contributed by atoms with Gasteiger partial charge in [-0.15, -0.1) is 0 Å². The normalized spacial score (nSPS) is 19.2. The van der Waals surface area contributed by atoms with Crippen LogP contribution in [-0.4, -0.2) is 59.3 Å². The molecule has 0 radical (unpaired) electrons. The van der Waals surface area contributed by atoms with Crippen LogP contribution >= 0.6 is 0 Å². The molecule has 2 aromatic rings. The molecule has 9 nitrogen and oxygen atoms in total. The molecule has 1 aromatic heterocycles. The standard InChI is InChI=1S/C23H29F2N5O4S/c1-16(2)13-19(21(31)26-15-17-7-6-11-27-29-17)28-22(32)20-14-23(24,25)10-12-30(20)35(33,34)18-8-4-3-5-9-18/h3-9,11,16,19-20H,10,12-15H2,1-2H3,(H,26,31)(H,28,32)/t19-,20+/m1/s1. The van der Waals surface area contributed by atoms with Crippen LogP contribution in [0.3, 0.4) is 0 Å². The molecule has 3 rings (SSSR count). The maximum Gasteiger partial charge on any atom is 0.251 e. The van der Waals surface area contributed by atoms with Crippen molar-refractivity contribution in [2.45, 2.75) is 62.6 Å². The predicted octanol–water partition coefficient (Wildman–Crippen LogP) is 2.11. The van der Waals surface area contributed by atoms with E-state index in [1.807, 2.05) is 13.8 Å². The molecule has 2 atom stereocenters. The largest absolute Gasteiger partial charge is 0.349 e. The van der Waals surface area contributed by atoms with Crippen molar-refractivity contribution in [1.29, 1.82) is 0 Å². The number of rotatable bonds is 9. The number of halogens is 2. The van der Waals surface area contributed by atoms with Crippen LogP contribution in [0.5, 0.6) is 0 Å². The number of piperidine rings is 1. The second-order valence-corrected chi connectivity index (χ2v) is 10.8. The fourth-order valence-electron chi connectivity index (χ4n) is 3.85. The number of nitrogens with one attached hydrogen (secondary N) is 2. The van der Waals surface area contributed by atoms with Gasteiger partial charge in [-0.1, -0.05) is 32.0 Å². The highest BCUT2D eigenvalue weighted by atomic mass is 32.2. The van der Waals surface area contributed by atoms with Gasteiger partial charge in [-0.05, 0) is 36.6 Å². The van der Waals surface area contributed by atoms with Crippen molar-refractivity contribution >= 4 is 21.8 Å². The zero-order chi connectivity index (χ0) is 25.6. The Morgan fingerprint density at radius 2 is 1.89 bits per heavy atom. The van der Waals surface area contributed by atoms with Crippen LogP contribution in [-0.2, 0) is 26.2 Å². The highest BCUT2D eigenvalue weighted by molar-refractivity contribution is 7.89. The van der Waals surface area contributed by atoms with Gasteiger partial charge in [-0.25, -0.2) is 17.2 Å². The van der Waals surface area contributed by atoms with Crippen molar-refractivity contribution in [1.82, 2.24) is 25.1 Å². The Labute approximate surface area is 203 Å². The summed E-state index contributed by atoms with van der Waals surface area (Å²) >= 11 is 0. The second-order valence-electron chi connectivity index (χ2n) is 8.88. The lowest BCUT2D eigenvalue weighted by atomic mass is 9.98. The summed E-state index contributed by atoms with van der Waals surface area (Å²) in [4.78, 5) is 25.9. The summed E-state index contributed by atoms with van der Waals surface area (Å²) in [5, 5.41) is 12.8. The summed E-state index contributed by atoms with van der Waals surface area (Å²) < 4.78 is 55.8. The Hall–Kier alpha value is -2.99. The summed E-state index contributed by atoms with van der Waals surface area (Å²) in [6.07, 6.45) is 0.0479. The number of alkyl halides is 2. The van der Waals surface area contributed by atoms with Gasteiger partial charge >= 0.3 is 0 Å². The average molecular weight is 510 g/mol. The number of hydrogen-bond acceptors (Lipinski definition) is 6. The average Bonchev–Trinajstić information content (AvgIpc) is 2.82. The van der Waals surface area contributed by atoms with E-state index in [9.17, 15) is 26.8 Å². The van der Waals surface area contributed by atoms with Crippen LogP contribution in [0.25, 0.3) is 0 Å². The first-order valence-corrected chi connectivity index (χ1v) is 12.7. The van der Waals surface area contributed by atoms with Crippen molar-refractivity contribution in [3.05, 3.63) is 54.4 Å². The van der Waals surface area contributed by atoms with Gasteiger partial charge in [-0.3, -0.25) is 9.59 Å². The first kappa shape index (κ1) is 26.6. The number of nitrogens with zero attached hydrogens (tertiary/aromatic N) is 3. The van der Waals surface area contributed by atoms with E-state index in [0.29, 0.717) is 5.69 Å². The van der Waals surface area contributed by atoms with Gasteiger partial charge in [0.15, 0.2) is 0 Å². The van der Waals surface area contributed by atoms with Crippen molar-refractivity contribution in [3.8, 4) is 0 Å².